The van der Waals surface area contributed by atoms with Crippen molar-refractivity contribution in [1.82, 2.24) is 15.3 Å². The molecule has 4 rings (SSSR count). The highest BCUT2D eigenvalue weighted by Crippen LogP contribution is 2.34. The second kappa shape index (κ2) is 9.85. The van der Waals surface area contributed by atoms with E-state index >= 15 is 0 Å². The van der Waals surface area contributed by atoms with Gasteiger partial charge in [-0.2, -0.15) is 0 Å². The summed E-state index contributed by atoms with van der Waals surface area (Å²) in [6.07, 6.45) is 4.46. The van der Waals surface area contributed by atoms with Crippen molar-refractivity contribution < 1.29 is 14.3 Å². The summed E-state index contributed by atoms with van der Waals surface area (Å²) < 4.78 is 14.9. The molecule has 2 aromatic carbocycles. The van der Waals surface area contributed by atoms with Gasteiger partial charge in [-0.3, -0.25) is 4.79 Å². The van der Waals surface area contributed by atoms with Crippen molar-refractivity contribution in [2.24, 2.45) is 0 Å². The quantitative estimate of drug-likeness (QED) is 0.487. The monoisotopic (exact) mass is 468 g/mol. The number of aromatic nitrogens is 2. The van der Waals surface area contributed by atoms with Crippen LogP contribution in [0.1, 0.15) is 66.2 Å². The maximum absolute atomic E-state index is 14.9. The van der Waals surface area contributed by atoms with Gasteiger partial charge in [-0.25, -0.2) is 14.4 Å². The van der Waals surface area contributed by atoms with E-state index in [4.69, 9.17) is 17.3 Å². The minimum absolute atomic E-state index is 0.0726. The van der Waals surface area contributed by atoms with E-state index in [1.807, 2.05) is 13.0 Å². The number of amides is 1. The maximum atomic E-state index is 14.9. The third-order valence-electron chi connectivity index (χ3n) is 6.12. The third kappa shape index (κ3) is 5.31. The zero-order valence-corrected chi connectivity index (χ0v) is 19.0. The Morgan fingerprint density at radius 2 is 1.97 bits per heavy atom. The number of benzene rings is 2. The lowest BCUT2D eigenvalue weighted by atomic mass is 9.85. The minimum Gasteiger partial charge on any atom is -0.393 e. The van der Waals surface area contributed by atoms with Crippen LogP contribution < -0.4 is 11.1 Å². The van der Waals surface area contributed by atoms with Gasteiger partial charge in [-0.15, -0.1) is 0 Å². The van der Waals surface area contributed by atoms with Gasteiger partial charge < -0.3 is 16.2 Å². The van der Waals surface area contributed by atoms with Crippen LogP contribution in [0.2, 0.25) is 5.02 Å². The van der Waals surface area contributed by atoms with Crippen LogP contribution in [-0.2, 0) is 0 Å². The molecule has 8 heteroatoms. The fraction of sp³-hybridized carbons (Fsp3) is 0.320. The number of halogens is 2. The van der Waals surface area contributed by atoms with Crippen LogP contribution >= 0.6 is 11.6 Å². The number of carbonyl (C=O) groups is 1. The second-order valence-corrected chi connectivity index (χ2v) is 8.92. The number of hydrogen-bond acceptors (Lipinski definition) is 5. The van der Waals surface area contributed by atoms with Crippen molar-refractivity contribution in [3.8, 4) is 11.3 Å². The van der Waals surface area contributed by atoms with Crippen LogP contribution in [0, 0.1) is 5.82 Å². The summed E-state index contributed by atoms with van der Waals surface area (Å²) in [4.78, 5) is 21.6. The first-order chi connectivity index (χ1) is 15.8. The molecule has 0 radical (unpaired) electrons. The molecular formula is C25H26ClFN4O2. The molecule has 1 amide bonds. The fourth-order valence-electron chi connectivity index (χ4n) is 4.17. The van der Waals surface area contributed by atoms with Gasteiger partial charge in [0, 0.05) is 16.5 Å². The largest absolute Gasteiger partial charge is 0.393 e. The molecular weight excluding hydrogens is 443 g/mol. The Morgan fingerprint density at radius 3 is 2.67 bits per heavy atom. The van der Waals surface area contributed by atoms with Gasteiger partial charge >= 0.3 is 0 Å². The second-order valence-electron chi connectivity index (χ2n) is 8.48. The van der Waals surface area contributed by atoms with Crippen LogP contribution in [0.15, 0.2) is 48.7 Å². The molecule has 1 saturated carbocycles. The zero-order valence-electron chi connectivity index (χ0n) is 18.3. The summed E-state index contributed by atoms with van der Waals surface area (Å²) in [6, 6.07) is 11.1. The van der Waals surface area contributed by atoms with Crippen LogP contribution in [0.4, 0.5) is 10.2 Å². The highest BCUT2D eigenvalue weighted by Gasteiger charge is 2.23. The van der Waals surface area contributed by atoms with Gasteiger partial charge in [0.25, 0.3) is 5.91 Å². The Morgan fingerprint density at radius 1 is 1.21 bits per heavy atom. The van der Waals surface area contributed by atoms with E-state index in [-0.39, 0.29) is 29.4 Å². The van der Waals surface area contributed by atoms with Gasteiger partial charge in [0.1, 0.15) is 17.3 Å². The fourth-order valence-corrected chi connectivity index (χ4v) is 4.37. The minimum atomic E-state index is -0.671. The predicted molar refractivity (Wildman–Crippen MR) is 126 cm³/mol. The molecule has 0 aliphatic heterocycles. The van der Waals surface area contributed by atoms with Crippen LogP contribution in [0.5, 0.6) is 0 Å². The Balaban J connectivity index is 1.53. The normalized spacial score (nSPS) is 19.2. The smallest absolute Gasteiger partial charge is 0.254 e. The van der Waals surface area contributed by atoms with Crippen molar-refractivity contribution in [2.45, 2.75) is 50.7 Å². The number of aliphatic hydroxyl groups is 1. The molecule has 0 unspecified atom stereocenters. The first-order valence-electron chi connectivity index (χ1n) is 11.0. The van der Waals surface area contributed by atoms with Gasteiger partial charge in [0.05, 0.1) is 29.6 Å². The maximum Gasteiger partial charge on any atom is 0.254 e. The van der Waals surface area contributed by atoms with E-state index in [0.717, 1.165) is 36.9 Å². The molecule has 1 aliphatic rings. The van der Waals surface area contributed by atoms with E-state index in [2.05, 4.69) is 15.3 Å². The number of nitrogen functional groups attached to an aromatic ring is 1. The van der Waals surface area contributed by atoms with E-state index in [0.29, 0.717) is 16.3 Å². The Bertz CT molecular complexity index is 1160. The number of nitrogens with zero attached hydrogens (tertiary/aromatic N) is 2. The number of hydrogen-bond donors (Lipinski definition) is 3. The van der Waals surface area contributed by atoms with Gasteiger partial charge in [0.15, 0.2) is 0 Å². The van der Waals surface area contributed by atoms with Crippen molar-refractivity contribution in [2.75, 3.05) is 5.73 Å². The molecule has 1 heterocycles. The lowest BCUT2D eigenvalue weighted by molar-refractivity contribution is 0.0935. The first kappa shape index (κ1) is 23.1. The summed E-state index contributed by atoms with van der Waals surface area (Å²) in [5, 5.41) is 13.1. The molecule has 1 aromatic heterocycles. The molecule has 172 valence electrons. The summed E-state index contributed by atoms with van der Waals surface area (Å²) >= 11 is 6.02. The molecule has 1 fully saturated rings. The number of nitrogens with two attached hydrogens (primary N) is 1. The third-order valence-corrected chi connectivity index (χ3v) is 6.35. The van der Waals surface area contributed by atoms with E-state index in [1.165, 1.54) is 12.1 Å². The van der Waals surface area contributed by atoms with Gasteiger partial charge in [-0.05, 0) is 62.4 Å². The number of nitrogens with one attached hydrogen (secondary N) is 1. The van der Waals surface area contributed by atoms with Gasteiger partial charge in [-0.1, -0.05) is 29.8 Å². The number of aliphatic hydroxyl groups excluding tert-OH is 1. The molecule has 1 atom stereocenters. The van der Waals surface area contributed by atoms with E-state index in [1.54, 1.807) is 30.5 Å². The molecule has 0 spiro atoms. The average molecular weight is 469 g/mol. The molecule has 0 saturated heterocycles. The molecule has 0 bridgehead atoms. The summed E-state index contributed by atoms with van der Waals surface area (Å²) in [6.45, 7) is 1.81. The average Bonchev–Trinajstić information content (AvgIpc) is 2.80. The van der Waals surface area contributed by atoms with E-state index < -0.39 is 11.7 Å². The molecule has 6 nitrogen and oxygen atoms in total. The highest BCUT2D eigenvalue weighted by atomic mass is 35.5. The Hall–Kier alpha value is -3.03. The van der Waals surface area contributed by atoms with Crippen molar-refractivity contribution >= 4 is 23.3 Å². The zero-order chi connectivity index (χ0) is 23.5. The van der Waals surface area contributed by atoms with Crippen molar-refractivity contribution in [3.05, 3.63) is 76.3 Å². The number of carbonyl (C=O) groups excluding carboxylic acids is 1. The van der Waals surface area contributed by atoms with Crippen LogP contribution in [-0.4, -0.2) is 27.1 Å². The summed E-state index contributed by atoms with van der Waals surface area (Å²) in [5.41, 5.74) is 8.41. The lowest BCUT2D eigenvalue weighted by Crippen LogP contribution is -2.27. The molecule has 4 N–H and O–H groups in total. The lowest BCUT2D eigenvalue weighted by Gasteiger charge is -2.25. The van der Waals surface area contributed by atoms with E-state index in [9.17, 15) is 14.3 Å². The highest BCUT2D eigenvalue weighted by molar-refractivity contribution is 6.30. The molecule has 1 aliphatic carbocycles. The standard InChI is InChI=1S/C25H26ClFN4O2/c1-14(16-3-2-4-18(26)11-16)30-25(33)20-10-7-17(12-21(20)27)23-24(28)29-13-22(31-23)15-5-8-19(32)9-6-15/h2-4,7,10-15,19,32H,5-6,8-9H2,1H3,(H2,28,29)(H,30,33)/t14-,15-,19-/m1/s1. The van der Waals surface area contributed by atoms with Crippen LogP contribution in [0.25, 0.3) is 11.3 Å². The van der Waals surface area contributed by atoms with Crippen molar-refractivity contribution in [1.29, 1.82) is 0 Å². The van der Waals surface area contributed by atoms with Gasteiger partial charge in [0.2, 0.25) is 0 Å². The summed E-state index contributed by atoms with van der Waals surface area (Å²) in [5.74, 6) is -0.820. The number of anilines is 1. The van der Waals surface area contributed by atoms with Crippen LogP contribution in [0.3, 0.4) is 0 Å². The molecule has 3 aromatic rings. The first-order valence-corrected chi connectivity index (χ1v) is 11.4. The van der Waals surface area contributed by atoms with Crippen molar-refractivity contribution in [3.63, 3.8) is 0 Å². The SMILES string of the molecule is C[C@@H](NC(=O)c1ccc(-c2nc([C@H]3CC[C@H](O)CC3)cnc2N)cc1F)c1cccc(Cl)c1. The Labute approximate surface area is 197 Å². The Kier molecular flexibility index (Phi) is 6.91. The predicted octanol–water partition coefficient (Wildman–Crippen LogP) is 5.03. The summed E-state index contributed by atoms with van der Waals surface area (Å²) in [7, 11) is 0. The molecule has 33 heavy (non-hydrogen) atoms. The number of rotatable bonds is 5. The topological polar surface area (TPSA) is 101 Å².